The summed E-state index contributed by atoms with van der Waals surface area (Å²) in [6.45, 7) is 2.84. The predicted octanol–water partition coefficient (Wildman–Crippen LogP) is 2.13. The van der Waals surface area contributed by atoms with Crippen molar-refractivity contribution in [1.82, 2.24) is 9.80 Å². The highest BCUT2D eigenvalue weighted by atomic mass is 16.5. The van der Waals surface area contributed by atoms with Gasteiger partial charge in [0.1, 0.15) is 0 Å². The van der Waals surface area contributed by atoms with E-state index in [0.29, 0.717) is 24.3 Å². The fraction of sp³-hybridized carbons (Fsp3) is 0.529. The number of urea groups is 1. The van der Waals surface area contributed by atoms with Gasteiger partial charge in [0.05, 0.1) is 17.7 Å². The van der Waals surface area contributed by atoms with Crippen molar-refractivity contribution in [1.29, 1.82) is 5.26 Å². The summed E-state index contributed by atoms with van der Waals surface area (Å²) in [7, 11) is 3.98. The number of carbonyl (C=O) groups excluding carboxylic acids is 1. The van der Waals surface area contributed by atoms with E-state index in [-0.39, 0.29) is 12.1 Å². The number of amides is 2. The second-order valence-electron chi connectivity index (χ2n) is 6.00. The van der Waals surface area contributed by atoms with Gasteiger partial charge in [-0.3, -0.25) is 0 Å². The minimum Gasteiger partial charge on any atom is -0.376 e. The molecule has 1 saturated heterocycles. The lowest BCUT2D eigenvalue weighted by molar-refractivity contribution is 0.0820. The Morgan fingerprint density at radius 3 is 2.65 bits per heavy atom. The topological polar surface area (TPSA) is 68.6 Å². The van der Waals surface area contributed by atoms with Crippen LogP contribution in [0.25, 0.3) is 0 Å². The molecule has 0 aromatic heterocycles. The molecule has 1 aromatic carbocycles. The zero-order valence-corrected chi connectivity index (χ0v) is 13.8. The summed E-state index contributed by atoms with van der Waals surface area (Å²) in [4.78, 5) is 16.4. The Hall–Kier alpha value is -2.10. The van der Waals surface area contributed by atoms with Crippen molar-refractivity contribution in [3.63, 3.8) is 0 Å². The van der Waals surface area contributed by atoms with E-state index in [1.165, 1.54) is 0 Å². The van der Waals surface area contributed by atoms with Crippen LogP contribution in [0.15, 0.2) is 24.3 Å². The minimum atomic E-state index is -0.132. The molecule has 6 heteroatoms. The lowest BCUT2D eigenvalue weighted by Crippen LogP contribution is -2.43. The molecular weight excluding hydrogens is 292 g/mol. The van der Waals surface area contributed by atoms with Crippen LogP contribution >= 0.6 is 0 Å². The summed E-state index contributed by atoms with van der Waals surface area (Å²) in [5.74, 6) is 0. The Morgan fingerprint density at radius 2 is 2.09 bits per heavy atom. The van der Waals surface area contributed by atoms with Crippen molar-refractivity contribution < 1.29 is 9.53 Å². The molecule has 6 nitrogen and oxygen atoms in total. The molecule has 1 atom stereocenters. The van der Waals surface area contributed by atoms with Crippen LogP contribution in [0.1, 0.15) is 18.4 Å². The first-order valence-electron chi connectivity index (χ1n) is 7.91. The zero-order chi connectivity index (χ0) is 16.7. The lowest BCUT2D eigenvalue weighted by Gasteiger charge is -2.27. The van der Waals surface area contributed by atoms with Crippen LogP contribution < -0.4 is 5.32 Å². The van der Waals surface area contributed by atoms with Crippen LogP contribution in [0.2, 0.25) is 0 Å². The van der Waals surface area contributed by atoms with Gasteiger partial charge in [-0.05, 0) is 51.2 Å². The third-order valence-corrected chi connectivity index (χ3v) is 3.82. The lowest BCUT2D eigenvalue weighted by atomic mass is 10.2. The number of hydrogen-bond donors (Lipinski definition) is 1. The van der Waals surface area contributed by atoms with Crippen LogP contribution in [0.5, 0.6) is 0 Å². The molecule has 0 bridgehead atoms. The number of nitrogens with zero attached hydrogens (tertiary/aromatic N) is 3. The smallest absolute Gasteiger partial charge is 0.321 e. The molecule has 1 aliphatic rings. The first-order valence-corrected chi connectivity index (χ1v) is 7.91. The predicted molar refractivity (Wildman–Crippen MR) is 89.3 cm³/mol. The molecule has 2 rings (SSSR count). The first kappa shape index (κ1) is 17.3. The van der Waals surface area contributed by atoms with Crippen LogP contribution in [0.3, 0.4) is 0 Å². The molecule has 0 spiro atoms. The molecule has 1 N–H and O–H groups in total. The highest BCUT2D eigenvalue weighted by molar-refractivity contribution is 5.89. The largest absolute Gasteiger partial charge is 0.376 e. The van der Waals surface area contributed by atoms with Gasteiger partial charge < -0.3 is 19.9 Å². The summed E-state index contributed by atoms with van der Waals surface area (Å²) in [6.07, 6.45) is 2.19. The van der Waals surface area contributed by atoms with Crippen molar-refractivity contribution in [3.8, 4) is 6.07 Å². The Bertz CT molecular complexity index is 545. The Kier molecular flexibility index (Phi) is 6.39. The molecule has 124 valence electrons. The molecule has 0 saturated carbocycles. The average molecular weight is 316 g/mol. The molecule has 0 aliphatic carbocycles. The highest BCUT2D eigenvalue weighted by Gasteiger charge is 2.22. The van der Waals surface area contributed by atoms with E-state index < -0.39 is 0 Å². The van der Waals surface area contributed by atoms with Crippen LogP contribution in [-0.4, -0.2) is 62.3 Å². The van der Waals surface area contributed by atoms with E-state index in [9.17, 15) is 4.79 Å². The molecule has 23 heavy (non-hydrogen) atoms. The van der Waals surface area contributed by atoms with Crippen molar-refractivity contribution in [2.24, 2.45) is 0 Å². The summed E-state index contributed by atoms with van der Waals surface area (Å²) in [5.41, 5.74) is 1.27. The average Bonchev–Trinajstić information content (AvgIpc) is 3.05. The number of likely N-dealkylation sites (N-methyl/N-ethyl adjacent to an activating group) is 1. The molecular formula is C17H24N4O2. The van der Waals surface area contributed by atoms with Crippen molar-refractivity contribution >= 4 is 11.7 Å². The number of nitrogens with one attached hydrogen (secondary N) is 1. The molecule has 1 heterocycles. The third kappa shape index (κ3) is 5.55. The molecule has 0 unspecified atom stereocenters. The standard InChI is InChI=1S/C17H24N4O2/c1-20(2)9-10-21(13-16-4-3-11-23-16)17(22)19-15-7-5-14(12-18)6-8-15/h5-8,16H,3-4,9-11,13H2,1-2H3,(H,19,22)/t16-/m0/s1. The number of hydrogen-bond acceptors (Lipinski definition) is 4. The van der Waals surface area contributed by atoms with E-state index in [0.717, 1.165) is 26.0 Å². The van der Waals surface area contributed by atoms with Crippen LogP contribution in [-0.2, 0) is 4.74 Å². The number of anilines is 1. The Labute approximate surface area is 137 Å². The first-order chi connectivity index (χ1) is 11.1. The summed E-state index contributed by atoms with van der Waals surface area (Å²) in [5, 5.41) is 11.7. The van der Waals surface area contributed by atoms with Gasteiger partial charge in [-0.2, -0.15) is 5.26 Å². The maximum atomic E-state index is 12.5. The maximum absolute atomic E-state index is 12.5. The molecule has 1 fully saturated rings. The van der Waals surface area contributed by atoms with Gasteiger partial charge >= 0.3 is 6.03 Å². The number of rotatable bonds is 6. The maximum Gasteiger partial charge on any atom is 0.321 e. The molecule has 2 amide bonds. The van der Waals surface area contributed by atoms with E-state index in [4.69, 9.17) is 10.00 Å². The number of nitriles is 1. The van der Waals surface area contributed by atoms with Gasteiger partial charge in [0, 0.05) is 31.9 Å². The summed E-state index contributed by atoms with van der Waals surface area (Å²) < 4.78 is 5.65. The fourth-order valence-corrected chi connectivity index (χ4v) is 2.46. The van der Waals surface area contributed by atoms with Gasteiger partial charge in [-0.15, -0.1) is 0 Å². The van der Waals surface area contributed by atoms with Gasteiger partial charge in [0.15, 0.2) is 0 Å². The van der Waals surface area contributed by atoms with Gasteiger partial charge in [-0.1, -0.05) is 0 Å². The van der Waals surface area contributed by atoms with E-state index in [1.54, 1.807) is 29.2 Å². The van der Waals surface area contributed by atoms with Gasteiger partial charge in [0.25, 0.3) is 0 Å². The monoisotopic (exact) mass is 316 g/mol. The minimum absolute atomic E-state index is 0.129. The highest BCUT2D eigenvalue weighted by Crippen LogP contribution is 2.15. The zero-order valence-electron chi connectivity index (χ0n) is 13.8. The molecule has 1 aliphatic heterocycles. The number of carbonyl (C=O) groups is 1. The molecule has 0 radical (unpaired) electrons. The fourth-order valence-electron chi connectivity index (χ4n) is 2.46. The van der Waals surface area contributed by atoms with Crippen molar-refractivity contribution in [3.05, 3.63) is 29.8 Å². The Balaban J connectivity index is 1.97. The van der Waals surface area contributed by atoms with Gasteiger partial charge in [0.2, 0.25) is 0 Å². The normalized spacial score (nSPS) is 17.0. The van der Waals surface area contributed by atoms with E-state index in [2.05, 4.69) is 16.3 Å². The van der Waals surface area contributed by atoms with E-state index >= 15 is 0 Å². The second-order valence-corrected chi connectivity index (χ2v) is 6.00. The van der Waals surface area contributed by atoms with Crippen LogP contribution in [0, 0.1) is 11.3 Å². The van der Waals surface area contributed by atoms with Crippen molar-refractivity contribution in [2.75, 3.05) is 45.7 Å². The number of benzene rings is 1. The summed E-state index contributed by atoms with van der Waals surface area (Å²) in [6, 6.07) is 8.81. The molecule has 1 aromatic rings. The third-order valence-electron chi connectivity index (χ3n) is 3.82. The van der Waals surface area contributed by atoms with Crippen LogP contribution in [0.4, 0.5) is 10.5 Å². The Morgan fingerprint density at radius 1 is 1.35 bits per heavy atom. The van der Waals surface area contributed by atoms with Gasteiger partial charge in [-0.25, -0.2) is 4.79 Å². The number of ether oxygens (including phenoxy) is 1. The second kappa shape index (κ2) is 8.51. The van der Waals surface area contributed by atoms with E-state index in [1.807, 2.05) is 14.1 Å². The SMILES string of the molecule is CN(C)CCN(C[C@@H]1CCCO1)C(=O)Nc1ccc(C#N)cc1. The quantitative estimate of drug-likeness (QED) is 0.873. The summed E-state index contributed by atoms with van der Waals surface area (Å²) >= 11 is 0. The van der Waals surface area contributed by atoms with Crippen molar-refractivity contribution in [2.45, 2.75) is 18.9 Å².